The fourth-order valence-electron chi connectivity index (χ4n) is 2.32. The average molecular weight is 427 g/mol. The van der Waals surface area contributed by atoms with E-state index in [-0.39, 0.29) is 5.69 Å². The van der Waals surface area contributed by atoms with Crippen LogP contribution < -0.4 is 15.8 Å². The standard InChI is InChI=1S/C17H16Cl2N4O3S/c18-12-2-1-3-13(19)11(12)4-5-15(24)21-22-16(25)14-10-27-17(20-14)23-6-8-26-9-7-23/h1-5,10H,6-9H2,(H,21,24)(H,22,25)/b5-4+. The van der Waals surface area contributed by atoms with Crippen molar-refractivity contribution in [3.63, 3.8) is 0 Å². The second-order valence-corrected chi connectivity index (χ2v) is 7.18. The molecule has 0 bridgehead atoms. The minimum absolute atomic E-state index is 0.236. The highest BCUT2D eigenvalue weighted by atomic mass is 35.5. The van der Waals surface area contributed by atoms with E-state index in [1.807, 2.05) is 0 Å². The van der Waals surface area contributed by atoms with Gasteiger partial charge in [0.05, 0.1) is 13.2 Å². The third-order valence-electron chi connectivity index (χ3n) is 3.71. The molecule has 2 amide bonds. The maximum atomic E-state index is 12.1. The highest BCUT2D eigenvalue weighted by Gasteiger charge is 2.17. The van der Waals surface area contributed by atoms with E-state index in [1.165, 1.54) is 23.5 Å². The number of anilines is 1. The monoisotopic (exact) mass is 426 g/mol. The number of hydrogen-bond acceptors (Lipinski definition) is 6. The summed E-state index contributed by atoms with van der Waals surface area (Å²) >= 11 is 13.4. The maximum Gasteiger partial charge on any atom is 0.289 e. The number of benzene rings is 1. The van der Waals surface area contributed by atoms with Gasteiger partial charge in [-0.3, -0.25) is 20.4 Å². The second kappa shape index (κ2) is 9.18. The van der Waals surface area contributed by atoms with Crippen LogP contribution in [-0.2, 0) is 9.53 Å². The number of thiazole rings is 1. The molecular weight excluding hydrogens is 411 g/mol. The molecule has 3 rings (SSSR count). The molecule has 1 saturated heterocycles. The van der Waals surface area contributed by atoms with Gasteiger partial charge in [-0.25, -0.2) is 4.98 Å². The first-order valence-electron chi connectivity index (χ1n) is 8.05. The highest BCUT2D eigenvalue weighted by Crippen LogP contribution is 2.25. The number of nitrogens with one attached hydrogen (secondary N) is 2. The molecule has 0 aliphatic carbocycles. The van der Waals surface area contributed by atoms with Gasteiger partial charge in [-0.2, -0.15) is 0 Å². The summed E-state index contributed by atoms with van der Waals surface area (Å²) in [5, 5.41) is 3.25. The van der Waals surface area contributed by atoms with Gasteiger partial charge in [-0.15, -0.1) is 11.3 Å². The van der Waals surface area contributed by atoms with Crippen LogP contribution in [0.15, 0.2) is 29.7 Å². The third kappa shape index (κ3) is 5.20. The Morgan fingerprint density at radius 1 is 1.19 bits per heavy atom. The van der Waals surface area contributed by atoms with Crippen molar-refractivity contribution in [3.8, 4) is 0 Å². The molecule has 0 spiro atoms. The number of nitrogens with zero attached hydrogens (tertiary/aromatic N) is 2. The van der Waals surface area contributed by atoms with E-state index in [9.17, 15) is 9.59 Å². The number of rotatable bonds is 4. The van der Waals surface area contributed by atoms with Crippen LogP contribution in [0.3, 0.4) is 0 Å². The van der Waals surface area contributed by atoms with Gasteiger partial charge in [-0.05, 0) is 18.2 Å². The molecule has 0 unspecified atom stereocenters. The number of aromatic nitrogens is 1. The number of carbonyl (C=O) groups excluding carboxylic acids is 2. The van der Waals surface area contributed by atoms with Crippen molar-refractivity contribution >= 4 is 57.6 Å². The summed E-state index contributed by atoms with van der Waals surface area (Å²) in [6, 6.07) is 5.05. The number of amides is 2. The number of ether oxygens (including phenoxy) is 1. The van der Waals surface area contributed by atoms with Gasteiger partial charge in [0.1, 0.15) is 5.69 Å². The predicted molar refractivity (Wildman–Crippen MR) is 106 cm³/mol. The fraction of sp³-hybridized carbons (Fsp3) is 0.235. The van der Waals surface area contributed by atoms with Crippen molar-refractivity contribution in [1.29, 1.82) is 0 Å². The van der Waals surface area contributed by atoms with Crippen molar-refractivity contribution in [3.05, 3.63) is 51.0 Å². The molecule has 27 heavy (non-hydrogen) atoms. The normalized spacial score (nSPS) is 14.4. The first-order chi connectivity index (χ1) is 13.0. The van der Waals surface area contributed by atoms with Gasteiger partial charge < -0.3 is 9.64 Å². The number of hydrazine groups is 1. The first-order valence-corrected chi connectivity index (χ1v) is 9.69. The predicted octanol–water partition coefficient (Wildman–Crippen LogP) is 2.76. The van der Waals surface area contributed by atoms with Crippen LogP contribution in [0.1, 0.15) is 16.1 Å². The Morgan fingerprint density at radius 3 is 2.59 bits per heavy atom. The van der Waals surface area contributed by atoms with Crippen LogP contribution >= 0.6 is 34.5 Å². The van der Waals surface area contributed by atoms with Crippen LogP contribution in [0.25, 0.3) is 6.08 Å². The Hall–Kier alpha value is -2.13. The number of morpholine rings is 1. The van der Waals surface area contributed by atoms with Crippen LogP contribution in [0, 0.1) is 0 Å². The molecule has 2 N–H and O–H groups in total. The van der Waals surface area contributed by atoms with Crippen molar-refractivity contribution < 1.29 is 14.3 Å². The molecule has 1 fully saturated rings. The Balaban J connectivity index is 1.53. The number of carbonyl (C=O) groups is 2. The minimum Gasteiger partial charge on any atom is -0.378 e. The van der Waals surface area contributed by atoms with Crippen molar-refractivity contribution in [1.82, 2.24) is 15.8 Å². The lowest BCUT2D eigenvalue weighted by molar-refractivity contribution is -0.117. The molecule has 1 aliphatic heterocycles. The highest BCUT2D eigenvalue weighted by molar-refractivity contribution is 7.13. The topological polar surface area (TPSA) is 83.6 Å². The smallest absolute Gasteiger partial charge is 0.289 e. The summed E-state index contributed by atoms with van der Waals surface area (Å²) in [7, 11) is 0. The molecule has 0 radical (unpaired) electrons. The summed E-state index contributed by atoms with van der Waals surface area (Å²) in [5.74, 6) is -1.02. The lowest BCUT2D eigenvalue weighted by atomic mass is 10.2. The second-order valence-electron chi connectivity index (χ2n) is 5.53. The lowest BCUT2D eigenvalue weighted by Crippen LogP contribution is -2.41. The summed E-state index contributed by atoms with van der Waals surface area (Å²) < 4.78 is 5.30. The lowest BCUT2D eigenvalue weighted by Gasteiger charge is -2.25. The van der Waals surface area contributed by atoms with Crippen molar-refractivity contribution in [2.75, 3.05) is 31.2 Å². The summed E-state index contributed by atoms with van der Waals surface area (Å²) in [4.78, 5) is 30.4. The van der Waals surface area contributed by atoms with Gasteiger partial charge in [0.25, 0.3) is 11.8 Å². The van der Waals surface area contributed by atoms with E-state index < -0.39 is 11.8 Å². The Kier molecular flexibility index (Phi) is 6.68. The summed E-state index contributed by atoms with van der Waals surface area (Å²) in [6.07, 6.45) is 2.71. The number of halogens is 2. The molecule has 7 nitrogen and oxygen atoms in total. The fourth-order valence-corrected chi connectivity index (χ4v) is 3.70. The van der Waals surface area contributed by atoms with Crippen molar-refractivity contribution in [2.45, 2.75) is 0 Å². The van der Waals surface area contributed by atoms with E-state index in [0.717, 1.165) is 18.2 Å². The first kappa shape index (κ1) is 19.6. The molecule has 2 aromatic rings. The van der Waals surface area contributed by atoms with Gasteiger partial charge in [0.2, 0.25) is 0 Å². The Morgan fingerprint density at radius 2 is 1.89 bits per heavy atom. The van der Waals surface area contributed by atoms with Crippen molar-refractivity contribution in [2.24, 2.45) is 0 Å². The zero-order valence-electron chi connectivity index (χ0n) is 14.1. The molecular formula is C17H16Cl2N4O3S. The van der Waals surface area contributed by atoms with Crippen LogP contribution in [0.5, 0.6) is 0 Å². The van der Waals surface area contributed by atoms with Crippen LogP contribution in [-0.4, -0.2) is 43.1 Å². The molecule has 142 valence electrons. The zero-order valence-corrected chi connectivity index (χ0v) is 16.4. The molecule has 10 heteroatoms. The number of hydrogen-bond donors (Lipinski definition) is 2. The zero-order chi connectivity index (χ0) is 19.2. The summed E-state index contributed by atoms with van der Waals surface area (Å²) in [6.45, 7) is 2.75. The third-order valence-corrected chi connectivity index (χ3v) is 5.27. The van der Waals surface area contributed by atoms with E-state index in [4.69, 9.17) is 27.9 Å². The van der Waals surface area contributed by atoms with E-state index in [1.54, 1.807) is 23.6 Å². The minimum atomic E-state index is -0.525. The van der Waals surface area contributed by atoms with Gasteiger partial charge in [0, 0.05) is 40.2 Å². The van der Waals surface area contributed by atoms with Gasteiger partial charge in [-0.1, -0.05) is 29.3 Å². The van der Waals surface area contributed by atoms with E-state index >= 15 is 0 Å². The SMILES string of the molecule is O=C(/C=C/c1c(Cl)cccc1Cl)NNC(=O)c1csc(N2CCOCC2)n1. The van der Waals surface area contributed by atoms with E-state index in [2.05, 4.69) is 20.7 Å². The molecule has 1 aliphatic rings. The molecule has 1 aromatic carbocycles. The quantitative estimate of drug-likeness (QED) is 0.579. The van der Waals surface area contributed by atoms with E-state index in [0.29, 0.717) is 28.8 Å². The van der Waals surface area contributed by atoms with Crippen LogP contribution in [0.4, 0.5) is 5.13 Å². The van der Waals surface area contributed by atoms with Crippen LogP contribution in [0.2, 0.25) is 10.0 Å². The largest absolute Gasteiger partial charge is 0.378 e. The Bertz CT molecular complexity index is 845. The molecule has 0 saturated carbocycles. The van der Waals surface area contributed by atoms with Gasteiger partial charge in [0.15, 0.2) is 5.13 Å². The molecule has 0 atom stereocenters. The molecule has 2 heterocycles. The Labute approximate surface area is 169 Å². The van der Waals surface area contributed by atoms with Gasteiger partial charge >= 0.3 is 0 Å². The maximum absolute atomic E-state index is 12.1. The summed E-state index contributed by atoms with van der Waals surface area (Å²) in [5.41, 5.74) is 5.39. The molecule has 1 aromatic heterocycles. The average Bonchev–Trinajstić information content (AvgIpc) is 3.17.